The van der Waals surface area contributed by atoms with Gasteiger partial charge in [0.2, 0.25) is 0 Å². The largest absolute Gasteiger partial charge is 0.366 e. The number of benzene rings is 2. The summed E-state index contributed by atoms with van der Waals surface area (Å²) in [4.78, 5) is 12.4. The van der Waals surface area contributed by atoms with Crippen molar-refractivity contribution in [3.8, 4) is 0 Å². The molecule has 4 nitrogen and oxygen atoms in total. The zero-order valence-corrected chi connectivity index (χ0v) is 13.1. The maximum absolute atomic E-state index is 12.4. The summed E-state index contributed by atoms with van der Waals surface area (Å²) in [5, 5.41) is 8.66. The molecule has 1 amide bonds. The molecule has 1 aliphatic rings. The number of hydrogen-bond acceptors (Lipinski definition) is 3. The van der Waals surface area contributed by atoms with Gasteiger partial charge in [0.25, 0.3) is 5.91 Å². The van der Waals surface area contributed by atoms with Crippen LogP contribution in [0.1, 0.15) is 19.4 Å². The number of rotatable bonds is 3. The molecule has 22 heavy (non-hydrogen) atoms. The van der Waals surface area contributed by atoms with Crippen LogP contribution in [0.25, 0.3) is 10.8 Å². The summed E-state index contributed by atoms with van der Waals surface area (Å²) < 4.78 is 5.53. The van der Waals surface area contributed by atoms with Gasteiger partial charge >= 0.3 is 0 Å². The number of hydrogen-bond donors (Lipinski definition) is 2. The molecule has 0 saturated carbocycles. The second-order valence-corrected chi connectivity index (χ2v) is 6.20. The highest BCUT2D eigenvalue weighted by Crippen LogP contribution is 2.28. The quantitative estimate of drug-likeness (QED) is 0.913. The predicted molar refractivity (Wildman–Crippen MR) is 87.7 cm³/mol. The highest BCUT2D eigenvalue weighted by atomic mass is 16.5. The van der Waals surface area contributed by atoms with Gasteiger partial charge in [-0.15, -0.1) is 0 Å². The van der Waals surface area contributed by atoms with Gasteiger partial charge in [0.15, 0.2) is 0 Å². The average molecular weight is 298 g/mol. The van der Waals surface area contributed by atoms with Crippen LogP contribution in [0.3, 0.4) is 0 Å². The van der Waals surface area contributed by atoms with E-state index in [1.165, 1.54) is 5.39 Å². The molecule has 1 aliphatic heterocycles. The molecule has 0 aromatic heterocycles. The van der Waals surface area contributed by atoms with Crippen LogP contribution in [0.2, 0.25) is 0 Å². The molecule has 0 aliphatic carbocycles. The minimum Gasteiger partial charge on any atom is -0.366 e. The van der Waals surface area contributed by atoms with Crippen LogP contribution < -0.4 is 10.6 Å². The number of fused-ring (bicyclic) bond motifs is 1. The van der Waals surface area contributed by atoms with Crippen molar-refractivity contribution < 1.29 is 9.53 Å². The zero-order chi connectivity index (χ0) is 15.6. The molecule has 0 radical (unpaired) electrons. The summed E-state index contributed by atoms with van der Waals surface area (Å²) in [5.74, 6) is -0.0647. The third kappa shape index (κ3) is 2.98. The summed E-state index contributed by atoms with van der Waals surface area (Å²) in [6.45, 7) is 6.01. The van der Waals surface area contributed by atoms with Crippen molar-refractivity contribution in [2.75, 3.05) is 19.7 Å². The van der Waals surface area contributed by atoms with Crippen LogP contribution in [-0.4, -0.2) is 31.7 Å². The van der Waals surface area contributed by atoms with Crippen molar-refractivity contribution in [1.29, 1.82) is 0 Å². The van der Waals surface area contributed by atoms with Crippen molar-refractivity contribution in [2.24, 2.45) is 0 Å². The number of carbonyl (C=O) groups excluding carboxylic acids is 1. The van der Waals surface area contributed by atoms with Gasteiger partial charge in [-0.25, -0.2) is 0 Å². The molecule has 3 rings (SSSR count). The molecule has 2 N–H and O–H groups in total. The predicted octanol–water partition coefficient (Wildman–Crippen LogP) is 2.18. The number of ether oxygens (including phenoxy) is 1. The molecule has 0 spiro atoms. The number of nitrogens with one attached hydrogen (secondary N) is 2. The molecule has 2 aromatic rings. The smallest absolute Gasteiger partial charge is 0.251 e. The topological polar surface area (TPSA) is 50.4 Å². The maximum atomic E-state index is 12.4. The average Bonchev–Trinajstić information content (AvgIpc) is 2.54. The molecule has 116 valence electrons. The van der Waals surface area contributed by atoms with Crippen LogP contribution >= 0.6 is 0 Å². The van der Waals surface area contributed by atoms with Gasteiger partial charge in [-0.2, -0.15) is 0 Å². The summed E-state index contributed by atoms with van der Waals surface area (Å²) in [5.41, 5.74) is 0.654. The molecular weight excluding hydrogens is 276 g/mol. The Kier molecular flexibility index (Phi) is 4.14. The van der Waals surface area contributed by atoms with Gasteiger partial charge in [-0.05, 0) is 30.2 Å². The van der Waals surface area contributed by atoms with Gasteiger partial charge < -0.3 is 15.4 Å². The molecule has 1 saturated heterocycles. The first-order valence-electron chi connectivity index (χ1n) is 7.70. The Morgan fingerprint density at radius 1 is 1.23 bits per heavy atom. The van der Waals surface area contributed by atoms with Crippen LogP contribution in [-0.2, 0) is 15.1 Å². The van der Waals surface area contributed by atoms with E-state index in [0.717, 1.165) is 17.5 Å². The molecule has 1 heterocycles. The lowest BCUT2D eigenvalue weighted by atomic mass is 9.89. The molecule has 1 fully saturated rings. The van der Waals surface area contributed by atoms with Crippen LogP contribution in [0.15, 0.2) is 42.5 Å². The van der Waals surface area contributed by atoms with Gasteiger partial charge in [0, 0.05) is 13.1 Å². The van der Waals surface area contributed by atoms with Crippen LogP contribution in [0.4, 0.5) is 0 Å². The van der Waals surface area contributed by atoms with Crippen molar-refractivity contribution in [1.82, 2.24) is 10.6 Å². The molecule has 2 aromatic carbocycles. The highest BCUT2D eigenvalue weighted by molar-refractivity contribution is 5.88. The molecule has 0 bridgehead atoms. The second-order valence-electron chi connectivity index (χ2n) is 6.20. The number of carbonyl (C=O) groups is 1. The van der Waals surface area contributed by atoms with E-state index in [4.69, 9.17) is 4.74 Å². The van der Waals surface area contributed by atoms with E-state index in [1.807, 2.05) is 32.0 Å². The number of amides is 1. The number of morpholine rings is 1. The fourth-order valence-corrected chi connectivity index (χ4v) is 2.96. The van der Waals surface area contributed by atoms with Crippen molar-refractivity contribution in [3.05, 3.63) is 48.0 Å². The lowest BCUT2D eigenvalue weighted by Gasteiger charge is -2.31. The van der Waals surface area contributed by atoms with Crippen molar-refractivity contribution in [3.63, 3.8) is 0 Å². The molecule has 4 heteroatoms. The maximum Gasteiger partial charge on any atom is 0.251 e. The third-order valence-corrected chi connectivity index (χ3v) is 4.12. The van der Waals surface area contributed by atoms with Crippen LogP contribution in [0, 0.1) is 0 Å². The minimum absolute atomic E-state index is 0.0647. The molecule has 1 atom stereocenters. The Morgan fingerprint density at radius 3 is 2.77 bits per heavy atom. The Hall–Kier alpha value is -1.91. The van der Waals surface area contributed by atoms with E-state index in [9.17, 15) is 4.79 Å². The van der Waals surface area contributed by atoms with E-state index in [1.54, 1.807) is 0 Å². The Morgan fingerprint density at radius 2 is 2.00 bits per heavy atom. The third-order valence-electron chi connectivity index (χ3n) is 4.12. The standard InChI is InChI=1S/C18H22N2O2/c1-18(2,20-17(21)16-12-19-10-11-22-16)15-9-5-7-13-6-3-4-8-14(13)15/h3-9,16,19H,10-12H2,1-2H3,(H,20,21). The molecule has 1 unspecified atom stereocenters. The van der Waals surface area contributed by atoms with Gasteiger partial charge in [0.1, 0.15) is 6.10 Å². The SMILES string of the molecule is CC(C)(NC(=O)C1CNCCO1)c1cccc2ccccc12. The first kappa shape index (κ1) is 15.0. The Balaban J connectivity index is 1.86. The molecular formula is C18H22N2O2. The van der Waals surface area contributed by atoms with E-state index in [2.05, 4.69) is 34.9 Å². The fourth-order valence-electron chi connectivity index (χ4n) is 2.96. The van der Waals surface area contributed by atoms with Gasteiger partial charge in [-0.1, -0.05) is 42.5 Å². The van der Waals surface area contributed by atoms with E-state index in [-0.39, 0.29) is 5.91 Å². The Labute approximate surface area is 130 Å². The summed E-state index contributed by atoms with van der Waals surface area (Å²) in [6.07, 6.45) is -0.414. The van der Waals surface area contributed by atoms with Crippen molar-refractivity contribution in [2.45, 2.75) is 25.5 Å². The Bertz CT molecular complexity index is 670. The van der Waals surface area contributed by atoms with E-state index < -0.39 is 11.6 Å². The summed E-state index contributed by atoms with van der Waals surface area (Å²) in [6, 6.07) is 14.4. The fraction of sp³-hybridized carbons (Fsp3) is 0.389. The lowest BCUT2D eigenvalue weighted by molar-refractivity contribution is -0.136. The summed E-state index contributed by atoms with van der Waals surface area (Å²) >= 11 is 0. The minimum atomic E-state index is -0.460. The zero-order valence-electron chi connectivity index (χ0n) is 13.1. The first-order chi connectivity index (χ1) is 10.6. The summed E-state index contributed by atoms with van der Waals surface area (Å²) in [7, 11) is 0. The van der Waals surface area contributed by atoms with Crippen molar-refractivity contribution >= 4 is 16.7 Å². The second kappa shape index (κ2) is 6.07. The van der Waals surface area contributed by atoms with Gasteiger partial charge in [-0.3, -0.25) is 4.79 Å². The lowest BCUT2D eigenvalue weighted by Crippen LogP contribution is -2.52. The van der Waals surface area contributed by atoms with Crippen LogP contribution in [0.5, 0.6) is 0 Å². The first-order valence-corrected chi connectivity index (χ1v) is 7.70. The normalized spacial score (nSPS) is 19.1. The van der Waals surface area contributed by atoms with E-state index >= 15 is 0 Å². The highest BCUT2D eigenvalue weighted by Gasteiger charge is 2.29. The van der Waals surface area contributed by atoms with E-state index in [0.29, 0.717) is 13.2 Å². The van der Waals surface area contributed by atoms with Gasteiger partial charge in [0.05, 0.1) is 12.1 Å². The monoisotopic (exact) mass is 298 g/mol.